The van der Waals surface area contributed by atoms with Gasteiger partial charge in [0, 0.05) is 37.8 Å². The van der Waals surface area contributed by atoms with E-state index in [0.717, 1.165) is 19.5 Å². The Balaban J connectivity index is 1.87. The van der Waals surface area contributed by atoms with Crippen molar-refractivity contribution in [2.75, 3.05) is 32.8 Å². The highest BCUT2D eigenvalue weighted by molar-refractivity contribution is 5.79. The largest absolute Gasteiger partial charge is 0.508 e. The Kier molecular flexibility index (Phi) is 5.59. The zero-order valence-corrected chi connectivity index (χ0v) is 12.5. The Labute approximate surface area is 125 Å². The molecule has 0 bridgehead atoms. The lowest BCUT2D eigenvalue weighted by atomic mass is 10.1. The third-order valence-corrected chi connectivity index (χ3v) is 4.20. The zero-order chi connectivity index (χ0) is 15.2. The Morgan fingerprint density at radius 3 is 2.48 bits per heavy atom. The third kappa shape index (κ3) is 3.95. The second-order valence-electron chi connectivity index (χ2n) is 5.47. The predicted octanol–water partition coefficient (Wildman–Crippen LogP) is 0.850. The molecule has 21 heavy (non-hydrogen) atoms. The number of para-hydroxylation sites is 1. The Morgan fingerprint density at radius 1 is 1.24 bits per heavy atom. The summed E-state index contributed by atoms with van der Waals surface area (Å²) in [4.78, 5) is 16.4. The minimum Gasteiger partial charge on any atom is -0.508 e. The molecule has 0 aromatic heterocycles. The van der Waals surface area contributed by atoms with Crippen LogP contribution in [0.15, 0.2) is 24.3 Å². The summed E-state index contributed by atoms with van der Waals surface area (Å²) < 4.78 is 0. The van der Waals surface area contributed by atoms with Gasteiger partial charge in [-0.3, -0.25) is 9.69 Å². The molecule has 1 fully saturated rings. The van der Waals surface area contributed by atoms with E-state index in [2.05, 4.69) is 11.8 Å². The molecule has 0 spiro atoms. The summed E-state index contributed by atoms with van der Waals surface area (Å²) in [5, 5.41) is 19.1. The van der Waals surface area contributed by atoms with E-state index >= 15 is 0 Å². The van der Waals surface area contributed by atoms with E-state index in [1.807, 2.05) is 11.0 Å². The van der Waals surface area contributed by atoms with Crippen molar-refractivity contribution in [3.05, 3.63) is 29.8 Å². The van der Waals surface area contributed by atoms with Crippen LogP contribution in [-0.2, 0) is 11.2 Å². The lowest BCUT2D eigenvalue weighted by Gasteiger charge is -2.38. The quantitative estimate of drug-likeness (QED) is 0.844. The number of aliphatic hydroxyl groups is 1. The molecule has 1 aromatic rings. The molecule has 1 amide bonds. The molecular weight excluding hydrogens is 268 g/mol. The van der Waals surface area contributed by atoms with Gasteiger partial charge in [0.1, 0.15) is 5.75 Å². The molecule has 2 N–H and O–H groups in total. The fourth-order valence-electron chi connectivity index (χ4n) is 2.77. The number of phenols is 1. The number of carbonyl (C=O) groups excluding carboxylic acids is 1. The van der Waals surface area contributed by atoms with E-state index in [1.165, 1.54) is 0 Å². The summed E-state index contributed by atoms with van der Waals surface area (Å²) in [6.07, 6.45) is 1.16. The number of hydrogen-bond acceptors (Lipinski definition) is 4. The second kappa shape index (κ2) is 7.43. The number of nitrogens with zero attached hydrogens (tertiary/aromatic N) is 2. The van der Waals surface area contributed by atoms with Crippen LogP contribution < -0.4 is 0 Å². The van der Waals surface area contributed by atoms with Gasteiger partial charge in [-0.2, -0.15) is 0 Å². The van der Waals surface area contributed by atoms with Crippen LogP contribution in [-0.4, -0.2) is 64.7 Å². The highest BCUT2D eigenvalue weighted by atomic mass is 16.3. The van der Waals surface area contributed by atoms with Crippen LogP contribution in [0.3, 0.4) is 0 Å². The smallest absolute Gasteiger partial charge is 0.227 e. The first-order valence-corrected chi connectivity index (χ1v) is 7.55. The summed E-state index contributed by atoms with van der Waals surface area (Å²) in [6, 6.07) is 7.16. The van der Waals surface area contributed by atoms with Crippen LogP contribution in [0.1, 0.15) is 18.9 Å². The van der Waals surface area contributed by atoms with Crippen molar-refractivity contribution < 1.29 is 15.0 Å². The minimum absolute atomic E-state index is 0.0493. The van der Waals surface area contributed by atoms with Crippen LogP contribution in [0.2, 0.25) is 0 Å². The van der Waals surface area contributed by atoms with Gasteiger partial charge >= 0.3 is 0 Å². The summed E-state index contributed by atoms with van der Waals surface area (Å²) in [5.74, 6) is 0.226. The van der Waals surface area contributed by atoms with E-state index < -0.39 is 0 Å². The van der Waals surface area contributed by atoms with E-state index in [-0.39, 0.29) is 30.7 Å². The fraction of sp³-hybridized carbons (Fsp3) is 0.562. The first kappa shape index (κ1) is 15.8. The van der Waals surface area contributed by atoms with Crippen molar-refractivity contribution in [2.24, 2.45) is 0 Å². The van der Waals surface area contributed by atoms with Gasteiger partial charge in [0.25, 0.3) is 0 Å². The topological polar surface area (TPSA) is 64.0 Å². The van der Waals surface area contributed by atoms with Gasteiger partial charge in [0.2, 0.25) is 5.91 Å². The number of phenolic OH excluding ortho intramolecular Hbond substituents is 1. The van der Waals surface area contributed by atoms with Crippen molar-refractivity contribution in [1.29, 1.82) is 0 Å². The van der Waals surface area contributed by atoms with Gasteiger partial charge in [0.15, 0.2) is 0 Å². The number of amides is 1. The van der Waals surface area contributed by atoms with E-state index in [4.69, 9.17) is 0 Å². The number of hydrogen-bond donors (Lipinski definition) is 2. The van der Waals surface area contributed by atoms with E-state index in [0.29, 0.717) is 18.7 Å². The minimum atomic E-state index is 0.0493. The molecule has 1 aliphatic heterocycles. The van der Waals surface area contributed by atoms with Gasteiger partial charge in [0.05, 0.1) is 13.0 Å². The number of rotatable bonds is 5. The molecule has 0 unspecified atom stereocenters. The van der Waals surface area contributed by atoms with Gasteiger partial charge in [-0.25, -0.2) is 0 Å². The van der Waals surface area contributed by atoms with Crippen LogP contribution in [0.4, 0.5) is 0 Å². The Hall–Kier alpha value is -1.59. The average molecular weight is 292 g/mol. The number of aromatic hydroxyl groups is 1. The summed E-state index contributed by atoms with van der Waals surface area (Å²) in [7, 11) is 0. The van der Waals surface area contributed by atoms with Crippen molar-refractivity contribution in [3.8, 4) is 5.75 Å². The van der Waals surface area contributed by atoms with Crippen LogP contribution in [0, 0.1) is 0 Å². The van der Waals surface area contributed by atoms with Crippen LogP contribution in [0.5, 0.6) is 5.75 Å². The summed E-state index contributed by atoms with van der Waals surface area (Å²) in [6.45, 7) is 5.20. The monoisotopic (exact) mass is 292 g/mol. The maximum atomic E-state index is 12.3. The highest BCUT2D eigenvalue weighted by Crippen LogP contribution is 2.17. The van der Waals surface area contributed by atoms with Crippen molar-refractivity contribution in [3.63, 3.8) is 0 Å². The Morgan fingerprint density at radius 2 is 1.90 bits per heavy atom. The lowest BCUT2D eigenvalue weighted by Crippen LogP contribution is -2.53. The maximum absolute atomic E-state index is 12.3. The number of aliphatic hydroxyl groups excluding tert-OH is 1. The van der Waals surface area contributed by atoms with Gasteiger partial charge in [-0.15, -0.1) is 0 Å². The molecule has 1 heterocycles. The normalized spacial score (nSPS) is 17.7. The molecule has 116 valence electrons. The summed E-state index contributed by atoms with van der Waals surface area (Å²) in [5.41, 5.74) is 0.673. The fourth-order valence-corrected chi connectivity index (χ4v) is 2.77. The summed E-state index contributed by atoms with van der Waals surface area (Å²) >= 11 is 0. The molecule has 2 rings (SSSR count). The van der Waals surface area contributed by atoms with E-state index in [1.54, 1.807) is 18.2 Å². The highest BCUT2D eigenvalue weighted by Gasteiger charge is 2.25. The van der Waals surface area contributed by atoms with Gasteiger partial charge in [-0.05, 0) is 12.5 Å². The van der Waals surface area contributed by atoms with Gasteiger partial charge in [-0.1, -0.05) is 25.1 Å². The molecule has 5 nitrogen and oxygen atoms in total. The predicted molar refractivity (Wildman–Crippen MR) is 81.1 cm³/mol. The first-order valence-electron chi connectivity index (χ1n) is 7.55. The molecule has 1 atom stereocenters. The average Bonchev–Trinajstić information content (AvgIpc) is 2.51. The second-order valence-corrected chi connectivity index (χ2v) is 5.47. The first-order chi connectivity index (χ1) is 10.2. The molecule has 0 aliphatic carbocycles. The molecule has 1 aromatic carbocycles. The van der Waals surface area contributed by atoms with E-state index in [9.17, 15) is 15.0 Å². The maximum Gasteiger partial charge on any atom is 0.227 e. The van der Waals surface area contributed by atoms with Crippen LogP contribution >= 0.6 is 0 Å². The number of benzene rings is 1. The van der Waals surface area contributed by atoms with Gasteiger partial charge < -0.3 is 15.1 Å². The number of carbonyl (C=O) groups is 1. The molecule has 1 saturated heterocycles. The van der Waals surface area contributed by atoms with Crippen LogP contribution in [0.25, 0.3) is 0 Å². The van der Waals surface area contributed by atoms with Crippen molar-refractivity contribution in [1.82, 2.24) is 9.80 Å². The molecule has 5 heteroatoms. The molecule has 0 saturated carbocycles. The standard InChI is InChI=1S/C16H24N2O3/c1-2-14(12-19)17-7-9-18(10-8-17)16(21)11-13-5-3-4-6-15(13)20/h3-6,14,19-20H,2,7-12H2,1H3/t14-/m1/s1. The van der Waals surface area contributed by atoms with Crippen molar-refractivity contribution >= 4 is 5.91 Å². The van der Waals surface area contributed by atoms with Crippen molar-refractivity contribution in [2.45, 2.75) is 25.8 Å². The number of piperazine rings is 1. The molecule has 1 aliphatic rings. The molecular formula is C16H24N2O3. The zero-order valence-electron chi connectivity index (χ0n) is 12.5. The Bertz CT molecular complexity index is 466. The third-order valence-electron chi connectivity index (χ3n) is 4.20. The SMILES string of the molecule is CC[C@H](CO)N1CCN(C(=O)Cc2ccccc2O)CC1. The lowest BCUT2D eigenvalue weighted by molar-refractivity contribution is -0.132. The molecule has 0 radical (unpaired) electrons.